The zero-order chi connectivity index (χ0) is 17.7. The minimum atomic E-state index is -0.452. The second-order valence-corrected chi connectivity index (χ2v) is 6.54. The van der Waals surface area contributed by atoms with Crippen molar-refractivity contribution in [1.29, 1.82) is 0 Å². The molecule has 0 heterocycles. The van der Waals surface area contributed by atoms with E-state index in [-0.39, 0.29) is 22.9 Å². The molecule has 0 aliphatic rings. The van der Waals surface area contributed by atoms with Crippen LogP contribution in [0, 0.1) is 6.92 Å². The lowest BCUT2D eigenvalue weighted by Crippen LogP contribution is -2.24. The monoisotopic (exact) mass is 430 g/mol. The maximum atomic E-state index is 11.7. The predicted molar refractivity (Wildman–Crippen MR) is 98.2 cm³/mol. The summed E-state index contributed by atoms with van der Waals surface area (Å²) in [6.07, 6.45) is 1.24. The third-order valence-electron chi connectivity index (χ3n) is 2.90. The van der Waals surface area contributed by atoms with Crippen molar-refractivity contribution in [3.05, 3.63) is 56.0 Å². The standard InChI is InChI=1S/C16H13BrCl2N2O3/c1-9-2-3-14(12(17)4-9)24-8-15(22)21-20-7-10-5-11(18)6-13(19)16(10)23/h2-7,23H,8H2,1H3,(H,21,22). The van der Waals surface area contributed by atoms with Gasteiger partial charge < -0.3 is 9.84 Å². The number of amides is 1. The number of halogens is 3. The van der Waals surface area contributed by atoms with E-state index in [2.05, 4.69) is 26.5 Å². The van der Waals surface area contributed by atoms with Crippen molar-refractivity contribution in [3.8, 4) is 11.5 Å². The molecule has 0 atom stereocenters. The van der Waals surface area contributed by atoms with Crippen molar-refractivity contribution >= 4 is 51.3 Å². The molecule has 5 nitrogen and oxygen atoms in total. The molecule has 0 radical (unpaired) electrons. The van der Waals surface area contributed by atoms with Crippen LogP contribution in [0.5, 0.6) is 11.5 Å². The number of nitrogens with one attached hydrogen (secondary N) is 1. The molecule has 1 amide bonds. The summed E-state index contributed by atoms with van der Waals surface area (Å²) in [6, 6.07) is 8.40. The first kappa shape index (κ1) is 18.6. The largest absolute Gasteiger partial charge is 0.506 e. The summed E-state index contributed by atoms with van der Waals surface area (Å²) in [5.74, 6) is -0.0655. The number of carbonyl (C=O) groups is 1. The number of hydrazone groups is 1. The van der Waals surface area contributed by atoms with Crippen molar-refractivity contribution in [1.82, 2.24) is 5.43 Å². The third-order valence-corrected chi connectivity index (χ3v) is 4.02. The molecular formula is C16H13BrCl2N2O3. The predicted octanol–water partition coefficient (Wildman–Crippen LogP) is 4.30. The lowest BCUT2D eigenvalue weighted by atomic mass is 10.2. The molecule has 24 heavy (non-hydrogen) atoms. The molecule has 0 fully saturated rings. The van der Waals surface area contributed by atoms with Gasteiger partial charge in [0.25, 0.3) is 5.91 Å². The molecular weight excluding hydrogens is 419 g/mol. The molecule has 0 saturated carbocycles. The number of hydrogen-bond donors (Lipinski definition) is 2. The van der Waals surface area contributed by atoms with Crippen molar-refractivity contribution in [2.45, 2.75) is 6.92 Å². The molecule has 2 rings (SSSR count). The molecule has 0 aliphatic carbocycles. The fourth-order valence-corrected chi connectivity index (χ4v) is 2.87. The minimum absolute atomic E-state index is 0.0998. The van der Waals surface area contributed by atoms with Gasteiger partial charge in [-0.2, -0.15) is 5.10 Å². The summed E-state index contributed by atoms with van der Waals surface area (Å²) in [5, 5.41) is 14.0. The van der Waals surface area contributed by atoms with Gasteiger partial charge in [0, 0.05) is 10.6 Å². The van der Waals surface area contributed by atoms with Gasteiger partial charge in [0.1, 0.15) is 11.5 Å². The number of hydrogen-bond acceptors (Lipinski definition) is 4. The van der Waals surface area contributed by atoms with E-state index in [1.807, 2.05) is 19.1 Å². The maximum absolute atomic E-state index is 11.7. The SMILES string of the molecule is Cc1ccc(OCC(=O)NN=Cc2cc(Cl)cc(Cl)c2O)c(Br)c1. The van der Waals surface area contributed by atoms with E-state index in [1.54, 1.807) is 6.07 Å². The number of phenolic OH excluding ortho intramolecular Hbond substituents is 1. The summed E-state index contributed by atoms with van der Waals surface area (Å²) in [7, 11) is 0. The van der Waals surface area contributed by atoms with Crippen molar-refractivity contribution < 1.29 is 14.6 Å². The van der Waals surface area contributed by atoms with Crippen LogP contribution in [0.25, 0.3) is 0 Å². The molecule has 0 aliphatic heterocycles. The fourth-order valence-electron chi connectivity index (χ4n) is 1.76. The molecule has 8 heteroatoms. The highest BCUT2D eigenvalue weighted by Gasteiger charge is 2.07. The van der Waals surface area contributed by atoms with E-state index in [9.17, 15) is 9.90 Å². The molecule has 0 aromatic heterocycles. The summed E-state index contributed by atoms with van der Waals surface area (Å²) in [5.41, 5.74) is 3.65. The zero-order valence-corrected chi connectivity index (χ0v) is 15.6. The Balaban J connectivity index is 1.91. The number of carbonyl (C=O) groups excluding carboxylic acids is 1. The Kier molecular flexibility index (Phi) is 6.48. The van der Waals surface area contributed by atoms with E-state index in [0.29, 0.717) is 10.8 Å². The fraction of sp³-hybridized carbons (Fsp3) is 0.125. The van der Waals surface area contributed by atoms with E-state index in [0.717, 1.165) is 10.0 Å². The first-order valence-corrected chi connectivity index (χ1v) is 8.30. The van der Waals surface area contributed by atoms with Gasteiger partial charge in [-0.05, 0) is 52.7 Å². The number of aryl methyl sites for hydroxylation is 1. The van der Waals surface area contributed by atoms with Gasteiger partial charge in [-0.1, -0.05) is 29.3 Å². The Bertz CT molecular complexity index is 797. The molecule has 2 N–H and O–H groups in total. The van der Waals surface area contributed by atoms with E-state index < -0.39 is 5.91 Å². The number of benzene rings is 2. The summed E-state index contributed by atoms with van der Waals surface area (Å²) in [6.45, 7) is 1.74. The van der Waals surface area contributed by atoms with Crippen LogP contribution in [0.3, 0.4) is 0 Å². The van der Waals surface area contributed by atoms with Gasteiger partial charge in [-0.3, -0.25) is 4.79 Å². The molecule has 0 bridgehead atoms. The van der Waals surface area contributed by atoms with Crippen LogP contribution in [0.2, 0.25) is 10.0 Å². The van der Waals surface area contributed by atoms with Crippen molar-refractivity contribution in [3.63, 3.8) is 0 Å². The van der Waals surface area contributed by atoms with Crippen LogP contribution in [0.15, 0.2) is 39.9 Å². The summed E-state index contributed by atoms with van der Waals surface area (Å²) in [4.78, 5) is 11.7. The molecule has 2 aromatic rings. The topological polar surface area (TPSA) is 70.9 Å². The molecule has 0 saturated heterocycles. The van der Waals surface area contributed by atoms with Gasteiger partial charge >= 0.3 is 0 Å². The Morgan fingerprint density at radius 3 is 2.83 bits per heavy atom. The Morgan fingerprint density at radius 2 is 2.12 bits per heavy atom. The second kappa shape index (κ2) is 8.37. The number of rotatable bonds is 5. The average molecular weight is 432 g/mol. The normalized spacial score (nSPS) is 10.8. The van der Waals surface area contributed by atoms with Crippen LogP contribution in [-0.2, 0) is 4.79 Å². The van der Waals surface area contributed by atoms with Gasteiger partial charge in [-0.15, -0.1) is 0 Å². The average Bonchev–Trinajstić information content (AvgIpc) is 2.51. The zero-order valence-electron chi connectivity index (χ0n) is 12.5. The van der Waals surface area contributed by atoms with Gasteiger partial charge in [0.05, 0.1) is 15.7 Å². The summed E-state index contributed by atoms with van der Waals surface area (Å²) < 4.78 is 6.16. The van der Waals surface area contributed by atoms with Crippen molar-refractivity contribution in [2.24, 2.45) is 5.10 Å². The number of nitrogens with zero attached hydrogens (tertiary/aromatic N) is 1. The van der Waals surface area contributed by atoms with E-state index in [4.69, 9.17) is 27.9 Å². The van der Waals surface area contributed by atoms with Gasteiger partial charge in [0.15, 0.2) is 6.61 Å². The number of aromatic hydroxyl groups is 1. The van der Waals surface area contributed by atoms with Gasteiger partial charge in [-0.25, -0.2) is 5.43 Å². The smallest absolute Gasteiger partial charge is 0.277 e. The van der Waals surface area contributed by atoms with Crippen LogP contribution in [0.1, 0.15) is 11.1 Å². The highest BCUT2D eigenvalue weighted by molar-refractivity contribution is 9.10. The molecule has 126 valence electrons. The first-order chi connectivity index (χ1) is 11.4. The lowest BCUT2D eigenvalue weighted by Gasteiger charge is -2.07. The van der Waals surface area contributed by atoms with Crippen LogP contribution in [-0.4, -0.2) is 23.8 Å². The number of phenols is 1. The quantitative estimate of drug-likeness (QED) is 0.547. The maximum Gasteiger partial charge on any atom is 0.277 e. The molecule has 0 spiro atoms. The van der Waals surface area contributed by atoms with Gasteiger partial charge in [0.2, 0.25) is 0 Å². The van der Waals surface area contributed by atoms with Crippen LogP contribution >= 0.6 is 39.1 Å². The Hall–Kier alpha value is -1.76. The van der Waals surface area contributed by atoms with E-state index in [1.165, 1.54) is 18.3 Å². The highest BCUT2D eigenvalue weighted by atomic mass is 79.9. The highest BCUT2D eigenvalue weighted by Crippen LogP contribution is 2.30. The second-order valence-electron chi connectivity index (χ2n) is 4.84. The summed E-state index contributed by atoms with van der Waals surface area (Å²) >= 11 is 15.0. The van der Waals surface area contributed by atoms with Crippen LogP contribution < -0.4 is 10.2 Å². The van der Waals surface area contributed by atoms with Crippen LogP contribution in [0.4, 0.5) is 0 Å². The molecule has 2 aromatic carbocycles. The molecule has 0 unspecified atom stereocenters. The Morgan fingerprint density at radius 1 is 1.38 bits per heavy atom. The lowest BCUT2D eigenvalue weighted by molar-refractivity contribution is -0.123. The van der Waals surface area contributed by atoms with E-state index >= 15 is 0 Å². The minimum Gasteiger partial charge on any atom is -0.506 e. The third kappa shape index (κ3) is 5.12. The van der Waals surface area contributed by atoms with Crippen molar-refractivity contribution in [2.75, 3.05) is 6.61 Å². The first-order valence-electron chi connectivity index (χ1n) is 6.75. The number of ether oxygens (including phenoxy) is 1. The Labute approximate surface area is 157 Å².